The van der Waals surface area contributed by atoms with Gasteiger partial charge in [-0.2, -0.15) is 0 Å². The van der Waals surface area contributed by atoms with Crippen molar-refractivity contribution >= 4 is 17.0 Å². The molecule has 0 radical (unpaired) electrons. The van der Waals surface area contributed by atoms with Gasteiger partial charge in [-0.1, -0.05) is 37.3 Å². The van der Waals surface area contributed by atoms with Crippen LogP contribution in [0.5, 0.6) is 0 Å². The minimum absolute atomic E-state index is 0.0556. The first-order valence-electron chi connectivity index (χ1n) is 10.6. The Bertz CT molecular complexity index is 951. The minimum atomic E-state index is -0.0556. The van der Waals surface area contributed by atoms with E-state index in [0.29, 0.717) is 30.0 Å². The Morgan fingerprint density at radius 3 is 2.93 bits per heavy atom. The number of likely N-dealkylation sites (tertiary alicyclic amines) is 1. The van der Waals surface area contributed by atoms with Crippen LogP contribution in [0.1, 0.15) is 48.0 Å². The molecule has 1 amide bonds. The number of rotatable bonds is 7. The van der Waals surface area contributed by atoms with Crippen LogP contribution >= 0.6 is 0 Å². The third kappa shape index (κ3) is 5.24. The van der Waals surface area contributed by atoms with Crippen LogP contribution in [0.25, 0.3) is 11.1 Å². The summed E-state index contributed by atoms with van der Waals surface area (Å²) in [7, 11) is 0. The van der Waals surface area contributed by atoms with Crippen molar-refractivity contribution in [1.29, 1.82) is 0 Å². The molecule has 1 unspecified atom stereocenters. The van der Waals surface area contributed by atoms with Crippen LogP contribution in [0.15, 0.2) is 52.9 Å². The molecule has 1 saturated heterocycles. The van der Waals surface area contributed by atoms with E-state index in [9.17, 15) is 4.79 Å². The van der Waals surface area contributed by atoms with E-state index in [4.69, 9.17) is 4.42 Å². The molecule has 3 aromatic rings. The van der Waals surface area contributed by atoms with Crippen molar-refractivity contribution in [2.24, 2.45) is 5.92 Å². The monoisotopic (exact) mass is 391 g/mol. The van der Waals surface area contributed by atoms with E-state index in [0.717, 1.165) is 30.0 Å². The van der Waals surface area contributed by atoms with Gasteiger partial charge in [0.2, 0.25) is 0 Å². The molecule has 1 N–H and O–H groups in total. The van der Waals surface area contributed by atoms with Crippen LogP contribution in [0.4, 0.5) is 0 Å². The molecule has 0 aliphatic carbocycles. The Hall–Kier alpha value is -2.66. The van der Waals surface area contributed by atoms with Crippen molar-refractivity contribution in [3.05, 3.63) is 65.5 Å². The maximum atomic E-state index is 12.5. The lowest BCUT2D eigenvalue weighted by Crippen LogP contribution is -2.36. The van der Waals surface area contributed by atoms with E-state index in [1.807, 2.05) is 30.3 Å². The molecule has 1 atom stereocenters. The highest BCUT2D eigenvalue weighted by Crippen LogP contribution is 2.19. The van der Waals surface area contributed by atoms with Gasteiger partial charge in [0.1, 0.15) is 5.52 Å². The number of aromatic nitrogens is 1. The zero-order valence-corrected chi connectivity index (χ0v) is 17.1. The second-order valence-electron chi connectivity index (χ2n) is 8.11. The zero-order valence-electron chi connectivity index (χ0n) is 17.1. The Morgan fingerprint density at radius 1 is 1.24 bits per heavy atom. The molecule has 0 spiro atoms. The van der Waals surface area contributed by atoms with Crippen LogP contribution in [-0.4, -0.2) is 42.0 Å². The lowest BCUT2D eigenvalue weighted by molar-refractivity contribution is 0.0950. The van der Waals surface area contributed by atoms with Crippen molar-refractivity contribution in [2.45, 2.75) is 32.6 Å². The molecule has 5 heteroatoms. The van der Waals surface area contributed by atoms with Gasteiger partial charge in [-0.15, -0.1) is 0 Å². The topological polar surface area (TPSA) is 58.4 Å². The van der Waals surface area contributed by atoms with Crippen molar-refractivity contribution in [1.82, 2.24) is 15.2 Å². The number of hydrogen-bond donors (Lipinski definition) is 1. The van der Waals surface area contributed by atoms with E-state index in [2.05, 4.69) is 34.3 Å². The van der Waals surface area contributed by atoms with Crippen LogP contribution in [0.2, 0.25) is 0 Å². The highest BCUT2D eigenvalue weighted by Gasteiger charge is 2.16. The molecule has 152 valence electrons. The molecule has 2 aromatic carbocycles. The molecule has 0 saturated carbocycles. The van der Waals surface area contributed by atoms with Crippen molar-refractivity contribution in [3.8, 4) is 0 Å². The summed E-state index contributed by atoms with van der Waals surface area (Å²) < 4.78 is 5.88. The second-order valence-corrected chi connectivity index (χ2v) is 8.11. The number of amides is 1. The van der Waals surface area contributed by atoms with Gasteiger partial charge in [0.05, 0.1) is 0 Å². The lowest BCUT2D eigenvalue weighted by Gasteiger charge is -2.30. The van der Waals surface area contributed by atoms with Crippen LogP contribution in [0, 0.1) is 5.92 Å². The van der Waals surface area contributed by atoms with Gasteiger partial charge in [0.15, 0.2) is 11.5 Å². The number of carbonyl (C=O) groups excluding carboxylic acids is 1. The fraction of sp³-hybridized carbons (Fsp3) is 0.417. The SMILES string of the molecule is CC1CCCN(CCCNC(=O)c2ccc3nc(Cc4ccccc4)oc3c2)C1. The summed E-state index contributed by atoms with van der Waals surface area (Å²) in [5.41, 5.74) is 3.21. The van der Waals surface area contributed by atoms with E-state index in [1.165, 1.54) is 25.9 Å². The first-order valence-corrected chi connectivity index (χ1v) is 10.6. The maximum Gasteiger partial charge on any atom is 0.251 e. The Balaban J connectivity index is 1.30. The summed E-state index contributed by atoms with van der Waals surface area (Å²) in [6.07, 6.45) is 4.25. The summed E-state index contributed by atoms with van der Waals surface area (Å²) in [5.74, 6) is 1.40. The lowest BCUT2D eigenvalue weighted by atomic mass is 10.0. The fourth-order valence-electron chi connectivity index (χ4n) is 4.06. The van der Waals surface area contributed by atoms with Gasteiger partial charge in [0.25, 0.3) is 5.91 Å². The molecule has 1 aliphatic heterocycles. The molecular weight excluding hydrogens is 362 g/mol. The van der Waals surface area contributed by atoms with Gasteiger partial charge in [-0.3, -0.25) is 4.79 Å². The Kier molecular flexibility index (Phi) is 6.25. The molecule has 1 fully saturated rings. The second kappa shape index (κ2) is 9.23. The summed E-state index contributed by atoms with van der Waals surface area (Å²) in [4.78, 5) is 19.5. The van der Waals surface area contributed by atoms with Crippen LogP contribution in [-0.2, 0) is 6.42 Å². The van der Waals surface area contributed by atoms with Crippen molar-refractivity contribution in [2.75, 3.05) is 26.2 Å². The highest BCUT2D eigenvalue weighted by atomic mass is 16.3. The van der Waals surface area contributed by atoms with Gasteiger partial charge in [0, 0.05) is 25.1 Å². The number of hydrogen-bond acceptors (Lipinski definition) is 4. The number of benzene rings is 2. The van der Waals surface area contributed by atoms with Gasteiger partial charge in [-0.05, 0) is 62.0 Å². The van der Waals surface area contributed by atoms with E-state index in [-0.39, 0.29) is 5.91 Å². The Labute approximate surface area is 172 Å². The first-order chi connectivity index (χ1) is 14.2. The van der Waals surface area contributed by atoms with Crippen molar-refractivity contribution in [3.63, 3.8) is 0 Å². The summed E-state index contributed by atoms with van der Waals surface area (Å²) in [6.45, 7) is 6.43. The zero-order chi connectivity index (χ0) is 20.1. The largest absolute Gasteiger partial charge is 0.440 e. The number of piperidine rings is 1. The number of nitrogens with one attached hydrogen (secondary N) is 1. The average molecular weight is 392 g/mol. The molecule has 5 nitrogen and oxygen atoms in total. The number of fused-ring (bicyclic) bond motifs is 1. The standard InChI is InChI=1S/C24H29N3O2/c1-18-7-5-13-27(17-18)14-6-12-25-24(28)20-10-11-21-22(16-20)29-23(26-21)15-19-8-3-2-4-9-19/h2-4,8-11,16,18H,5-7,12-15,17H2,1H3,(H,25,28). The summed E-state index contributed by atoms with van der Waals surface area (Å²) in [5, 5.41) is 3.03. The van der Waals surface area contributed by atoms with E-state index in [1.54, 1.807) is 6.07 Å². The predicted molar refractivity (Wildman–Crippen MR) is 115 cm³/mol. The molecule has 1 aromatic heterocycles. The number of carbonyl (C=O) groups is 1. The molecule has 2 heterocycles. The molecular formula is C24H29N3O2. The van der Waals surface area contributed by atoms with Crippen molar-refractivity contribution < 1.29 is 9.21 Å². The normalized spacial score (nSPS) is 17.5. The minimum Gasteiger partial charge on any atom is -0.440 e. The molecule has 4 rings (SSSR count). The smallest absolute Gasteiger partial charge is 0.251 e. The van der Waals surface area contributed by atoms with Gasteiger partial charge in [-0.25, -0.2) is 4.98 Å². The third-order valence-corrected chi connectivity index (χ3v) is 5.57. The van der Waals surface area contributed by atoms with Gasteiger partial charge < -0.3 is 14.6 Å². The number of oxazole rings is 1. The average Bonchev–Trinajstić information content (AvgIpc) is 3.13. The van der Waals surface area contributed by atoms with E-state index < -0.39 is 0 Å². The third-order valence-electron chi connectivity index (χ3n) is 5.57. The van der Waals surface area contributed by atoms with Crippen LogP contribution in [0.3, 0.4) is 0 Å². The molecule has 1 aliphatic rings. The highest BCUT2D eigenvalue weighted by molar-refractivity contribution is 5.97. The van der Waals surface area contributed by atoms with E-state index >= 15 is 0 Å². The number of nitrogens with zero attached hydrogens (tertiary/aromatic N) is 2. The fourth-order valence-corrected chi connectivity index (χ4v) is 4.06. The van der Waals surface area contributed by atoms with Crippen LogP contribution < -0.4 is 5.32 Å². The van der Waals surface area contributed by atoms with Gasteiger partial charge >= 0.3 is 0 Å². The summed E-state index contributed by atoms with van der Waals surface area (Å²) in [6, 6.07) is 15.6. The first kappa shape index (κ1) is 19.6. The molecule has 0 bridgehead atoms. The quantitative estimate of drug-likeness (QED) is 0.611. The molecule has 29 heavy (non-hydrogen) atoms. The Morgan fingerprint density at radius 2 is 2.10 bits per heavy atom. The predicted octanol–water partition coefficient (Wildman–Crippen LogP) is 4.27. The summed E-state index contributed by atoms with van der Waals surface area (Å²) >= 11 is 0. The maximum absolute atomic E-state index is 12.5.